The Kier molecular flexibility index (Phi) is 6.60. The van der Waals surface area contributed by atoms with Crippen LogP contribution in [0.4, 0.5) is 24.7 Å². The first-order chi connectivity index (χ1) is 10.8. The van der Waals surface area contributed by atoms with Crippen molar-refractivity contribution >= 4 is 29.8 Å². The van der Waals surface area contributed by atoms with Crippen LogP contribution in [0.2, 0.25) is 0 Å². The van der Waals surface area contributed by atoms with E-state index in [-0.39, 0.29) is 30.7 Å². The number of hydrogen-bond donors (Lipinski definition) is 2. The van der Waals surface area contributed by atoms with Gasteiger partial charge in [-0.05, 0) is 29.7 Å². The molecule has 2 rings (SSSR count). The number of anilines is 2. The number of halogens is 4. The van der Waals surface area contributed by atoms with E-state index in [0.29, 0.717) is 17.1 Å². The van der Waals surface area contributed by atoms with Crippen LogP contribution in [0.25, 0.3) is 0 Å². The average molecular weight is 360 g/mol. The van der Waals surface area contributed by atoms with E-state index in [2.05, 4.69) is 10.3 Å². The Morgan fingerprint density at radius 2 is 2.00 bits per heavy atom. The Hall–Kier alpha value is -2.28. The highest BCUT2D eigenvalue weighted by molar-refractivity contribution is 5.91. The van der Waals surface area contributed by atoms with Crippen molar-refractivity contribution < 1.29 is 18.0 Å². The number of aromatic nitrogens is 1. The lowest BCUT2D eigenvalue weighted by Crippen LogP contribution is -2.15. The lowest BCUT2D eigenvalue weighted by Gasteiger charge is -2.14. The first-order valence-corrected chi connectivity index (χ1v) is 6.94. The standard InChI is InChI=1S/C16H16F3N3O.ClH/c1-10(11-3-2-4-12(8-11)16(17,18)19)7-15(23)22-13-5-6-14(20)21-9-13;/h2-6,8-10H,7H2,1H3,(H2,20,21)(H,22,23);1H. The number of rotatable bonds is 4. The number of carbonyl (C=O) groups is 1. The summed E-state index contributed by atoms with van der Waals surface area (Å²) in [6.07, 6.45) is -2.92. The molecule has 1 atom stereocenters. The van der Waals surface area contributed by atoms with Gasteiger partial charge in [-0.3, -0.25) is 4.79 Å². The molecule has 1 aromatic carbocycles. The molecule has 2 aromatic rings. The number of alkyl halides is 3. The summed E-state index contributed by atoms with van der Waals surface area (Å²) in [4.78, 5) is 15.8. The molecule has 1 amide bonds. The molecular weight excluding hydrogens is 343 g/mol. The summed E-state index contributed by atoms with van der Waals surface area (Å²) in [5, 5.41) is 2.64. The Morgan fingerprint density at radius 1 is 1.29 bits per heavy atom. The van der Waals surface area contributed by atoms with Crippen molar-refractivity contribution in [3.8, 4) is 0 Å². The van der Waals surface area contributed by atoms with E-state index in [1.165, 1.54) is 12.3 Å². The highest BCUT2D eigenvalue weighted by atomic mass is 35.5. The molecule has 0 aliphatic carbocycles. The number of amides is 1. The van der Waals surface area contributed by atoms with Crippen molar-refractivity contribution in [2.45, 2.75) is 25.4 Å². The summed E-state index contributed by atoms with van der Waals surface area (Å²) in [6, 6.07) is 8.16. The van der Waals surface area contributed by atoms with Gasteiger partial charge in [0, 0.05) is 6.42 Å². The highest BCUT2D eigenvalue weighted by Gasteiger charge is 2.30. The highest BCUT2D eigenvalue weighted by Crippen LogP contribution is 2.31. The summed E-state index contributed by atoms with van der Waals surface area (Å²) in [7, 11) is 0. The predicted octanol–water partition coefficient (Wildman–Crippen LogP) is 4.24. The van der Waals surface area contributed by atoms with E-state index in [4.69, 9.17) is 5.73 Å². The number of hydrogen-bond acceptors (Lipinski definition) is 3. The third-order valence-corrected chi connectivity index (χ3v) is 3.34. The Morgan fingerprint density at radius 3 is 2.58 bits per heavy atom. The molecule has 0 spiro atoms. The summed E-state index contributed by atoms with van der Waals surface area (Å²) >= 11 is 0. The van der Waals surface area contributed by atoms with E-state index in [1.807, 2.05) is 0 Å². The first-order valence-electron chi connectivity index (χ1n) is 6.94. The molecule has 130 valence electrons. The van der Waals surface area contributed by atoms with Gasteiger partial charge in [0.05, 0.1) is 17.4 Å². The van der Waals surface area contributed by atoms with Crippen molar-refractivity contribution in [1.29, 1.82) is 0 Å². The van der Waals surface area contributed by atoms with Crippen LogP contribution in [-0.4, -0.2) is 10.9 Å². The summed E-state index contributed by atoms with van der Waals surface area (Å²) < 4.78 is 38.2. The normalized spacial score (nSPS) is 12.2. The largest absolute Gasteiger partial charge is 0.416 e. The second kappa shape index (κ2) is 8.01. The molecule has 24 heavy (non-hydrogen) atoms. The molecule has 1 aromatic heterocycles. The minimum Gasteiger partial charge on any atom is -0.384 e. The lowest BCUT2D eigenvalue weighted by molar-refractivity contribution is -0.137. The van der Waals surface area contributed by atoms with Gasteiger partial charge in [-0.15, -0.1) is 12.4 Å². The van der Waals surface area contributed by atoms with Crippen LogP contribution in [-0.2, 0) is 11.0 Å². The Labute approximate surface area is 143 Å². The topological polar surface area (TPSA) is 68.0 Å². The van der Waals surface area contributed by atoms with Crippen LogP contribution in [0, 0.1) is 0 Å². The minimum atomic E-state index is -4.40. The average Bonchev–Trinajstić information content (AvgIpc) is 2.49. The molecule has 0 bridgehead atoms. The molecular formula is C16H17ClF3N3O. The molecule has 4 nitrogen and oxygen atoms in total. The molecule has 8 heteroatoms. The number of nitrogen functional groups attached to an aromatic ring is 1. The second-order valence-electron chi connectivity index (χ2n) is 5.25. The predicted molar refractivity (Wildman–Crippen MR) is 89.0 cm³/mol. The zero-order valence-electron chi connectivity index (χ0n) is 12.8. The molecule has 0 saturated carbocycles. The zero-order chi connectivity index (χ0) is 17.0. The van der Waals surface area contributed by atoms with Gasteiger partial charge in [-0.2, -0.15) is 13.2 Å². The zero-order valence-corrected chi connectivity index (χ0v) is 13.6. The quantitative estimate of drug-likeness (QED) is 0.858. The van der Waals surface area contributed by atoms with Crippen LogP contribution in [0.3, 0.4) is 0 Å². The van der Waals surface area contributed by atoms with Crippen molar-refractivity contribution in [2.24, 2.45) is 0 Å². The minimum absolute atomic E-state index is 0. The second-order valence-corrected chi connectivity index (χ2v) is 5.25. The molecule has 1 heterocycles. The van der Waals surface area contributed by atoms with Crippen molar-refractivity contribution in [1.82, 2.24) is 4.98 Å². The summed E-state index contributed by atoms with van der Waals surface area (Å²) in [5.74, 6) is -0.319. The van der Waals surface area contributed by atoms with Crippen molar-refractivity contribution in [3.05, 3.63) is 53.7 Å². The van der Waals surface area contributed by atoms with E-state index < -0.39 is 11.7 Å². The molecule has 1 unspecified atom stereocenters. The van der Waals surface area contributed by atoms with Gasteiger partial charge < -0.3 is 11.1 Å². The molecule has 0 aliphatic rings. The van der Waals surface area contributed by atoms with E-state index >= 15 is 0 Å². The molecule has 0 aliphatic heterocycles. The Bertz CT molecular complexity index is 690. The number of benzene rings is 1. The van der Waals surface area contributed by atoms with Crippen LogP contribution in [0.5, 0.6) is 0 Å². The fourth-order valence-corrected chi connectivity index (χ4v) is 2.11. The SMILES string of the molecule is CC(CC(=O)Nc1ccc(N)nc1)c1cccc(C(F)(F)F)c1.Cl. The van der Waals surface area contributed by atoms with Gasteiger partial charge in [0.25, 0.3) is 0 Å². The number of pyridine rings is 1. The van der Waals surface area contributed by atoms with E-state index in [9.17, 15) is 18.0 Å². The smallest absolute Gasteiger partial charge is 0.384 e. The van der Waals surface area contributed by atoms with E-state index in [0.717, 1.165) is 12.1 Å². The first kappa shape index (κ1) is 19.8. The fraction of sp³-hybridized carbons (Fsp3) is 0.250. The van der Waals surface area contributed by atoms with Gasteiger partial charge in [-0.25, -0.2) is 4.98 Å². The molecule has 0 fully saturated rings. The number of nitrogens with two attached hydrogens (primary N) is 1. The number of nitrogens with zero attached hydrogens (tertiary/aromatic N) is 1. The molecule has 3 N–H and O–H groups in total. The summed E-state index contributed by atoms with van der Waals surface area (Å²) in [6.45, 7) is 1.70. The van der Waals surface area contributed by atoms with Gasteiger partial charge >= 0.3 is 6.18 Å². The fourth-order valence-electron chi connectivity index (χ4n) is 2.11. The summed E-state index contributed by atoms with van der Waals surface area (Å²) in [5.41, 5.74) is 5.68. The van der Waals surface area contributed by atoms with Crippen LogP contribution in [0.1, 0.15) is 30.4 Å². The number of carbonyl (C=O) groups excluding carboxylic acids is 1. The maximum absolute atomic E-state index is 12.7. The maximum atomic E-state index is 12.7. The molecule has 0 radical (unpaired) electrons. The monoisotopic (exact) mass is 359 g/mol. The van der Waals surface area contributed by atoms with Crippen LogP contribution < -0.4 is 11.1 Å². The van der Waals surface area contributed by atoms with Gasteiger partial charge in [-0.1, -0.05) is 25.1 Å². The van der Waals surface area contributed by atoms with Crippen LogP contribution >= 0.6 is 12.4 Å². The lowest BCUT2D eigenvalue weighted by atomic mass is 9.95. The molecule has 0 saturated heterocycles. The number of nitrogens with one attached hydrogen (secondary N) is 1. The van der Waals surface area contributed by atoms with Crippen molar-refractivity contribution in [2.75, 3.05) is 11.1 Å². The van der Waals surface area contributed by atoms with Gasteiger partial charge in [0.1, 0.15) is 5.82 Å². The van der Waals surface area contributed by atoms with Gasteiger partial charge in [0.2, 0.25) is 5.91 Å². The third-order valence-electron chi connectivity index (χ3n) is 3.34. The third kappa shape index (κ3) is 5.42. The maximum Gasteiger partial charge on any atom is 0.416 e. The van der Waals surface area contributed by atoms with Crippen LogP contribution in [0.15, 0.2) is 42.6 Å². The van der Waals surface area contributed by atoms with E-state index in [1.54, 1.807) is 25.1 Å². The van der Waals surface area contributed by atoms with Gasteiger partial charge in [0.15, 0.2) is 0 Å². The Balaban J connectivity index is 0.00000288. The van der Waals surface area contributed by atoms with Crippen molar-refractivity contribution in [3.63, 3.8) is 0 Å².